The second-order valence-corrected chi connectivity index (χ2v) is 9.43. The summed E-state index contributed by atoms with van der Waals surface area (Å²) in [5, 5.41) is 10.3. The molecule has 3 heterocycles. The van der Waals surface area contributed by atoms with Crippen LogP contribution in [0.1, 0.15) is 43.2 Å². The number of rotatable bonds is 2. The lowest BCUT2D eigenvalue weighted by Gasteiger charge is -2.37. The highest BCUT2D eigenvalue weighted by atomic mass is 32.1. The second-order valence-electron chi connectivity index (χ2n) is 8.45. The minimum absolute atomic E-state index is 0.0511. The summed E-state index contributed by atoms with van der Waals surface area (Å²) in [7, 11) is 0. The van der Waals surface area contributed by atoms with Crippen LogP contribution in [0, 0.1) is 12.3 Å². The first-order chi connectivity index (χ1) is 13.4. The number of benzene rings is 1. The molecule has 2 aromatic heterocycles. The van der Waals surface area contributed by atoms with Gasteiger partial charge in [-0.3, -0.25) is 4.79 Å². The quantitative estimate of drug-likeness (QED) is 0.671. The monoisotopic (exact) mass is 390 g/mol. The topological polar surface area (TPSA) is 59.8 Å². The van der Waals surface area contributed by atoms with E-state index in [1.165, 1.54) is 5.56 Å². The molecule has 142 valence electrons. The van der Waals surface area contributed by atoms with Crippen LogP contribution in [0.3, 0.4) is 0 Å². The summed E-state index contributed by atoms with van der Waals surface area (Å²) in [6, 6.07) is 12.1. The summed E-state index contributed by atoms with van der Waals surface area (Å²) in [4.78, 5) is 19.0. The molecule has 1 N–H and O–H groups in total. The van der Waals surface area contributed by atoms with Crippen molar-refractivity contribution < 1.29 is 4.79 Å². The second kappa shape index (κ2) is 6.14. The Balaban J connectivity index is 1.67. The van der Waals surface area contributed by atoms with E-state index in [1.807, 2.05) is 28.3 Å². The maximum absolute atomic E-state index is 13.1. The summed E-state index contributed by atoms with van der Waals surface area (Å²) in [6.07, 6.45) is 1.40. The molecular formula is C22H22N4OS. The van der Waals surface area contributed by atoms with Crippen LogP contribution in [-0.4, -0.2) is 20.5 Å². The number of aryl methyl sites for hydroxylation is 1. The molecule has 1 aliphatic heterocycles. The lowest BCUT2D eigenvalue weighted by Crippen LogP contribution is -2.36. The number of carbonyl (C=O) groups is 1. The first kappa shape index (κ1) is 17.4. The maximum atomic E-state index is 13.1. The number of aromatic nitrogens is 3. The summed E-state index contributed by atoms with van der Waals surface area (Å²) in [5.41, 5.74) is 3.94. The Morgan fingerprint density at radius 3 is 2.82 bits per heavy atom. The fourth-order valence-corrected chi connectivity index (χ4v) is 5.04. The van der Waals surface area contributed by atoms with Gasteiger partial charge in [-0.1, -0.05) is 43.7 Å². The predicted molar refractivity (Wildman–Crippen MR) is 111 cm³/mol. The number of hydrogen-bond donors (Lipinski definition) is 1. The summed E-state index contributed by atoms with van der Waals surface area (Å²) in [6.45, 7) is 6.36. The predicted octanol–water partition coefficient (Wildman–Crippen LogP) is 4.97. The zero-order chi connectivity index (χ0) is 19.5. The molecule has 5 rings (SSSR count). The van der Waals surface area contributed by atoms with Crippen molar-refractivity contribution in [2.45, 2.75) is 39.7 Å². The van der Waals surface area contributed by atoms with Crippen LogP contribution in [-0.2, 0) is 4.79 Å². The van der Waals surface area contributed by atoms with E-state index >= 15 is 0 Å². The Hall–Kier alpha value is -2.73. The molecule has 0 radical (unpaired) electrons. The van der Waals surface area contributed by atoms with Crippen LogP contribution in [0.5, 0.6) is 0 Å². The molecule has 1 atom stereocenters. The van der Waals surface area contributed by atoms with E-state index in [2.05, 4.69) is 44.3 Å². The highest BCUT2D eigenvalue weighted by molar-refractivity contribution is 7.10. The highest BCUT2D eigenvalue weighted by Gasteiger charge is 2.42. The van der Waals surface area contributed by atoms with Crippen molar-refractivity contribution in [3.05, 3.63) is 63.5 Å². The summed E-state index contributed by atoms with van der Waals surface area (Å²) < 4.78 is 1.89. The summed E-state index contributed by atoms with van der Waals surface area (Å²) in [5.74, 6) is 1.59. The van der Waals surface area contributed by atoms with Crippen molar-refractivity contribution in [2.24, 2.45) is 5.41 Å². The Morgan fingerprint density at radius 1 is 1.21 bits per heavy atom. The zero-order valence-electron chi connectivity index (χ0n) is 16.2. The van der Waals surface area contributed by atoms with Crippen molar-refractivity contribution in [3.63, 3.8) is 0 Å². The molecule has 1 aliphatic carbocycles. The Kier molecular flexibility index (Phi) is 3.81. The van der Waals surface area contributed by atoms with Crippen molar-refractivity contribution >= 4 is 23.1 Å². The van der Waals surface area contributed by atoms with Gasteiger partial charge in [-0.15, -0.1) is 16.4 Å². The molecule has 0 spiro atoms. The van der Waals surface area contributed by atoms with E-state index in [0.29, 0.717) is 18.2 Å². The number of nitrogens with zero attached hydrogens (tertiary/aromatic N) is 3. The molecule has 1 unspecified atom stereocenters. The fourth-order valence-electron chi connectivity index (χ4n) is 4.23. The number of anilines is 1. The van der Waals surface area contributed by atoms with Gasteiger partial charge in [-0.2, -0.15) is 4.98 Å². The van der Waals surface area contributed by atoms with Gasteiger partial charge in [0, 0.05) is 28.1 Å². The minimum atomic E-state index is -0.207. The maximum Gasteiger partial charge on any atom is 0.226 e. The van der Waals surface area contributed by atoms with Gasteiger partial charge in [0.15, 0.2) is 11.6 Å². The van der Waals surface area contributed by atoms with Gasteiger partial charge in [-0.25, -0.2) is 4.68 Å². The van der Waals surface area contributed by atoms with Crippen LogP contribution < -0.4 is 5.32 Å². The number of carbonyl (C=O) groups excluding carboxylic acids is 1. The Bertz CT molecular complexity index is 1110. The Labute approximate surface area is 168 Å². The summed E-state index contributed by atoms with van der Waals surface area (Å²) >= 11 is 1.66. The SMILES string of the molecule is Cc1cccc(-c2nc3n(n2)C(c2cccs2)C2=C(CC(C)(C)CC2=O)N3)c1. The van der Waals surface area contributed by atoms with E-state index in [0.717, 1.165) is 28.1 Å². The zero-order valence-corrected chi connectivity index (χ0v) is 17.0. The van der Waals surface area contributed by atoms with Gasteiger partial charge in [0.05, 0.1) is 0 Å². The third kappa shape index (κ3) is 2.79. The van der Waals surface area contributed by atoms with Crippen LogP contribution in [0.2, 0.25) is 0 Å². The average Bonchev–Trinajstić information content (AvgIpc) is 3.28. The van der Waals surface area contributed by atoms with Crippen LogP contribution >= 0.6 is 11.3 Å². The molecular weight excluding hydrogens is 368 g/mol. The normalized spacial score (nSPS) is 20.5. The molecule has 0 bridgehead atoms. The van der Waals surface area contributed by atoms with Gasteiger partial charge in [-0.05, 0) is 36.3 Å². The van der Waals surface area contributed by atoms with E-state index < -0.39 is 0 Å². The first-order valence-corrected chi connectivity index (χ1v) is 10.4. The van der Waals surface area contributed by atoms with Crippen molar-refractivity contribution in [2.75, 3.05) is 5.32 Å². The number of thiophene rings is 1. The molecule has 0 saturated heterocycles. The largest absolute Gasteiger partial charge is 0.328 e. The molecule has 28 heavy (non-hydrogen) atoms. The van der Waals surface area contributed by atoms with Crippen LogP contribution in [0.15, 0.2) is 53.0 Å². The molecule has 3 aromatic rings. The van der Waals surface area contributed by atoms with Crippen molar-refractivity contribution in [1.82, 2.24) is 14.8 Å². The minimum Gasteiger partial charge on any atom is -0.328 e. The van der Waals surface area contributed by atoms with E-state index in [1.54, 1.807) is 11.3 Å². The first-order valence-electron chi connectivity index (χ1n) is 9.51. The van der Waals surface area contributed by atoms with E-state index in [-0.39, 0.29) is 17.2 Å². The average molecular weight is 391 g/mol. The molecule has 5 nitrogen and oxygen atoms in total. The van der Waals surface area contributed by atoms with Gasteiger partial charge in [0.2, 0.25) is 5.95 Å². The smallest absolute Gasteiger partial charge is 0.226 e. The molecule has 6 heteroatoms. The molecule has 0 fully saturated rings. The third-order valence-electron chi connectivity index (χ3n) is 5.42. The number of allylic oxidation sites excluding steroid dienone is 2. The Morgan fingerprint density at radius 2 is 2.07 bits per heavy atom. The highest BCUT2D eigenvalue weighted by Crippen LogP contribution is 2.46. The lowest BCUT2D eigenvalue weighted by atomic mass is 9.73. The number of nitrogens with one attached hydrogen (secondary N) is 1. The number of hydrogen-bond acceptors (Lipinski definition) is 5. The van der Waals surface area contributed by atoms with Crippen molar-refractivity contribution in [3.8, 4) is 11.4 Å². The molecule has 1 aromatic carbocycles. The molecule has 0 amide bonds. The van der Waals surface area contributed by atoms with Crippen LogP contribution in [0.25, 0.3) is 11.4 Å². The van der Waals surface area contributed by atoms with Crippen LogP contribution in [0.4, 0.5) is 5.95 Å². The number of ketones is 1. The van der Waals surface area contributed by atoms with Gasteiger partial charge in [0.25, 0.3) is 0 Å². The number of fused-ring (bicyclic) bond motifs is 1. The van der Waals surface area contributed by atoms with E-state index in [4.69, 9.17) is 10.1 Å². The fraction of sp³-hybridized carbons (Fsp3) is 0.318. The van der Waals surface area contributed by atoms with E-state index in [9.17, 15) is 4.79 Å². The molecule has 0 saturated carbocycles. The molecule has 2 aliphatic rings. The van der Waals surface area contributed by atoms with Gasteiger partial charge < -0.3 is 5.32 Å². The lowest BCUT2D eigenvalue weighted by molar-refractivity contribution is -0.118. The third-order valence-corrected chi connectivity index (χ3v) is 6.35. The standard InChI is InChI=1S/C22H22N4OS/c1-13-6-4-7-14(10-13)20-24-21-23-15-11-22(2,3)12-16(27)18(15)19(26(21)25-20)17-8-5-9-28-17/h4-10,19H,11-12H2,1-3H3,(H,23,24,25). The van der Waals surface area contributed by atoms with Gasteiger partial charge >= 0.3 is 0 Å². The van der Waals surface area contributed by atoms with Crippen molar-refractivity contribution in [1.29, 1.82) is 0 Å². The van der Waals surface area contributed by atoms with Gasteiger partial charge in [0.1, 0.15) is 6.04 Å². The number of Topliss-reactive ketones (excluding diaryl/α,β-unsaturated/α-hetero) is 1.